The van der Waals surface area contributed by atoms with Crippen molar-refractivity contribution in [1.29, 1.82) is 5.26 Å². The van der Waals surface area contributed by atoms with Crippen molar-refractivity contribution in [3.8, 4) is 6.07 Å². The number of benzene rings is 1. The van der Waals surface area contributed by atoms with E-state index in [-0.39, 0.29) is 5.91 Å². The number of amides is 1. The summed E-state index contributed by atoms with van der Waals surface area (Å²) >= 11 is 1.35. The molecule has 0 unspecified atom stereocenters. The molecule has 5 nitrogen and oxygen atoms in total. The van der Waals surface area contributed by atoms with E-state index in [9.17, 15) is 4.79 Å². The van der Waals surface area contributed by atoms with Gasteiger partial charge in [0, 0.05) is 17.6 Å². The van der Waals surface area contributed by atoms with Crippen LogP contribution in [0, 0.1) is 11.3 Å². The van der Waals surface area contributed by atoms with Crippen LogP contribution in [-0.4, -0.2) is 10.9 Å². The number of nitrogens with two attached hydrogens (primary N) is 1. The van der Waals surface area contributed by atoms with Crippen LogP contribution < -0.4 is 11.1 Å². The fraction of sp³-hybridized carbons (Fsp3) is 0.0833. The highest BCUT2D eigenvalue weighted by molar-refractivity contribution is 7.09. The van der Waals surface area contributed by atoms with Crippen LogP contribution in [0.4, 0.5) is 5.69 Å². The van der Waals surface area contributed by atoms with Gasteiger partial charge in [-0.2, -0.15) is 5.26 Å². The lowest BCUT2D eigenvalue weighted by atomic mass is 10.2. The van der Waals surface area contributed by atoms with E-state index in [0.717, 1.165) is 5.01 Å². The van der Waals surface area contributed by atoms with Gasteiger partial charge in [0.1, 0.15) is 10.7 Å². The quantitative estimate of drug-likeness (QED) is 0.876. The molecular formula is C12H10N4OS. The highest BCUT2D eigenvalue weighted by Crippen LogP contribution is 2.13. The van der Waals surface area contributed by atoms with Gasteiger partial charge >= 0.3 is 0 Å². The number of nitriles is 1. The largest absolute Gasteiger partial charge is 0.325 e. The fourth-order valence-corrected chi connectivity index (χ4v) is 1.99. The summed E-state index contributed by atoms with van der Waals surface area (Å²) in [7, 11) is 0. The minimum atomic E-state index is -0.282. The lowest BCUT2D eigenvalue weighted by molar-refractivity contribution is 0.102. The second-order valence-corrected chi connectivity index (χ2v) is 4.42. The van der Waals surface area contributed by atoms with Gasteiger partial charge in [-0.05, 0) is 24.3 Å². The molecule has 0 saturated carbocycles. The zero-order chi connectivity index (χ0) is 13.0. The number of anilines is 1. The molecule has 2 rings (SSSR count). The van der Waals surface area contributed by atoms with E-state index >= 15 is 0 Å². The number of thiazole rings is 1. The number of carbonyl (C=O) groups excluding carboxylic acids is 1. The Bertz CT molecular complexity index is 597. The summed E-state index contributed by atoms with van der Waals surface area (Å²) in [6.45, 7) is 0.328. The molecular weight excluding hydrogens is 248 g/mol. The van der Waals surface area contributed by atoms with Crippen molar-refractivity contribution in [2.45, 2.75) is 6.54 Å². The van der Waals surface area contributed by atoms with E-state index in [1.165, 1.54) is 11.3 Å². The van der Waals surface area contributed by atoms with Crippen LogP contribution in [0.25, 0.3) is 0 Å². The van der Waals surface area contributed by atoms with Crippen molar-refractivity contribution in [1.82, 2.24) is 4.98 Å². The first-order chi connectivity index (χ1) is 8.72. The van der Waals surface area contributed by atoms with E-state index < -0.39 is 0 Å². The number of aromatic nitrogens is 1. The van der Waals surface area contributed by atoms with Crippen LogP contribution in [0.1, 0.15) is 21.1 Å². The summed E-state index contributed by atoms with van der Waals surface area (Å²) in [5, 5.41) is 13.8. The minimum absolute atomic E-state index is 0.282. The molecule has 90 valence electrons. The summed E-state index contributed by atoms with van der Waals surface area (Å²) in [5.41, 5.74) is 6.96. The molecule has 0 spiro atoms. The van der Waals surface area contributed by atoms with Gasteiger partial charge in [0.2, 0.25) is 0 Å². The molecule has 0 aliphatic rings. The van der Waals surface area contributed by atoms with E-state index in [0.29, 0.717) is 23.5 Å². The van der Waals surface area contributed by atoms with E-state index in [4.69, 9.17) is 11.0 Å². The Morgan fingerprint density at radius 1 is 1.44 bits per heavy atom. The average Bonchev–Trinajstić information content (AvgIpc) is 2.88. The molecule has 1 aromatic carbocycles. The molecule has 1 heterocycles. The number of hydrogen-bond donors (Lipinski definition) is 2. The van der Waals surface area contributed by atoms with Gasteiger partial charge in [0.25, 0.3) is 5.91 Å². The Balaban J connectivity index is 2.08. The van der Waals surface area contributed by atoms with E-state index in [2.05, 4.69) is 10.3 Å². The van der Waals surface area contributed by atoms with E-state index in [1.54, 1.807) is 29.6 Å². The van der Waals surface area contributed by atoms with Gasteiger partial charge in [-0.3, -0.25) is 4.79 Å². The zero-order valence-electron chi connectivity index (χ0n) is 9.38. The number of rotatable bonds is 3. The third-order valence-corrected chi connectivity index (χ3v) is 3.10. The molecule has 0 saturated heterocycles. The molecule has 2 aromatic rings. The first kappa shape index (κ1) is 12.2. The number of nitrogens with zero attached hydrogens (tertiary/aromatic N) is 2. The van der Waals surface area contributed by atoms with Crippen LogP contribution in [0.15, 0.2) is 29.6 Å². The Morgan fingerprint density at radius 2 is 2.17 bits per heavy atom. The Hall–Kier alpha value is -2.23. The summed E-state index contributed by atoms with van der Waals surface area (Å²) in [4.78, 5) is 15.9. The Labute approximate surface area is 108 Å². The second-order valence-electron chi connectivity index (χ2n) is 3.47. The van der Waals surface area contributed by atoms with Gasteiger partial charge in [-0.25, -0.2) is 4.98 Å². The predicted octanol–water partition coefficient (Wildman–Crippen LogP) is 1.73. The molecule has 0 radical (unpaired) electrons. The van der Waals surface area contributed by atoms with Gasteiger partial charge in [0.15, 0.2) is 0 Å². The normalized spacial score (nSPS) is 9.78. The van der Waals surface area contributed by atoms with E-state index in [1.807, 2.05) is 6.07 Å². The van der Waals surface area contributed by atoms with Gasteiger partial charge in [0.05, 0.1) is 11.6 Å². The van der Waals surface area contributed by atoms with Crippen molar-refractivity contribution in [3.05, 3.63) is 45.9 Å². The lowest BCUT2D eigenvalue weighted by Gasteiger charge is -2.02. The van der Waals surface area contributed by atoms with Crippen LogP contribution in [0.5, 0.6) is 0 Å². The molecule has 0 bridgehead atoms. The molecule has 0 fully saturated rings. The van der Waals surface area contributed by atoms with Gasteiger partial charge in [-0.15, -0.1) is 11.3 Å². The first-order valence-corrected chi connectivity index (χ1v) is 6.07. The number of nitrogens with one attached hydrogen (secondary N) is 1. The average molecular weight is 258 g/mol. The minimum Gasteiger partial charge on any atom is -0.325 e. The fourth-order valence-electron chi connectivity index (χ4n) is 1.33. The maximum absolute atomic E-state index is 11.8. The van der Waals surface area contributed by atoms with Crippen LogP contribution >= 0.6 is 11.3 Å². The van der Waals surface area contributed by atoms with Crippen LogP contribution in [-0.2, 0) is 6.54 Å². The standard InChI is InChI=1S/C12H10N4OS/c13-5-8-1-3-9(4-2-8)15-12(17)10-7-18-11(6-14)16-10/h1-4,7H,6,14H2,(H,15,17). The van der Waals surface area contributed by atoms with Crippen molar-refractivity contribution >= 4 is 22.9 Å². The highest BCUT2D eigenvalue weighted by atomic mass is 32.1. The molecule has 0 aliphatic carbocycles. The van der Waals surface area contributed by atoms with Gasteiger partial charge < -0.3 is 11.1 Å². The first-order valence-electron chi connectivity index (χ1n) is 5.19. The van der Waals surface area contributed by atoms with Gasteiger partial charge in [-0.1, -0.05) is 0 Å². The third-order valence-electron chi connectivity index (χ3n) is 2.23. The molecule has 1 amide bonds. The number of carbonyl (C=O) groups is 1. The van der Waals surface area contributed by atoms with Crippen LogP contribution in [0.2, 0.25) is 0 Å². The molecule has 6 heteroatoms. The molecule has 18 heavy (non-hydrogen) atoms. The zero-order valence-corrected chi connectivity index (χ0v) is 10.2. The van der Waals surface area contributed by atoms with Crippen molar-refractivity contribution in [2.24, 2.45) is 5.73 Å². The Kier molecular flexibility index (Phi) is 3.67. The maximum Gasteiger partial charge on any atom is 0.275 e. The molecule has 3 N–H and O–H groups in total. The lowest BCUT2D eigenvalue weighted by Crippen LogP contribution is -2.12. The molecule has 0 aliphatic heterocycles. The second kappa shape index (κ2) is 5.40. The summed E-state index contributed by atoms with van der Waals surface area (Å²) in [5.74, 6) is -0.282. The number of hydrogen-bond acceptors (Lipinski definition) is 5. The monoisotopic (exact) mass is 258 g/mol. The molecule has 1 aromatic heterocycles. The van der Waals surface area contributed by atoms with Crippen LogP contribution in [0.3, 0.4) is 0 Å². The third kappa shape index (κ3) is 2.71. The summed E-state index contributed by atoms with van der Waals surface area (Å²) < 4.78 is 0. The topological polar surface area (TPSA) is 91.8 Å². The van der Waals surface area contributed by atoms with Crippen molar-refractivity contribution < 1.29 is 4.79 Å². The highest BCUT2D eigenvalue weighted by Gasteiger charge is 2.10. The predicted molar refractivity (Wildman–Crippen MR) is 69.1 cm³/mol. The SMILES string of the molecule is N#Cc1ccc(NC(=O)c2csc(CN)n2)cc1. The maximum atomic E-state index is 11.8. The van der Waals surface area contributed by atoms with Crippen molar-refractivity contribution in [2.75, 3.05) is 5.32 Å². The van der Waals surface area contributed by atoms with Crippen molar-refractivity contribution in [3.63, 3.8) is 0 Å². The summed E-state index contributed by atoms with van der Waals surface area (Å²) in [6.07, 6.45) is 0. The molecule has 0 atom stereocenters. The summed E-state index contributed by atoms with van der Waals surface area (Å²) in [6, 6.07) is 8.64. The smallest absolute Gasteiger partial charge is 0.275 e. The Morgan fingerprint density at radius 3 is 2.72 bits per heavy atom.